The molecule has 2 heterocycles. The molecule has 0 bridgehead atoms. The minimum Gasteiger partial charge on any atom is -0.300 e. The molecule has 1 aromatic heterocycles. The Morgan fingerprint density at radius 2 is 1.93 bits per heavy atom. The van der Waals surface area contributed by atoms with Gasteiger partial charge in [0.25, 0.3) is 10.0 Å². The highest BCUT2D eigenvalue weighted by Gasteiger charge is 2.25. The van der Waals surface area contributed by atoms with Crippen LogP contribution in [0.2, 0.25) is 0 Å². The van der Waals surface area contributed by atoms with Crippen molar-refractivity contribution in [2.75, 3.05) is 25.0 Å². The Balaban J connectivity index is 1.47. The van der Waals surface area contributed by atoms with Crippen LogP contribution < -0.4 is 10.0 Å². The minimum atomic E-state index is -3.74. The Morgan fingerprint density at radius 3 is 2.66 bits per heavy atom. The van der Waals surface area contributed by atoms with Gasteiger partial charge in [-0.05, 0) is 30.5 Å². The number of nitrogens with zero attached hydrogens (tertiary/aromatic N) is 3. The van der Waals surface area contributed by atoms with Crippen molar-refractivity contribution in [1.29, 1.82) is 0 Å². The monoisotopic (exact) mass is 437 g/mol. The molecule has 0 fully saturated rings. The number of aromatic nitrogens is 2. The maximum atomic E-state index is 12.4. The molecule has 0 saturated heterocycles. The van der Waals surface area contributed by atoms with Gasteiger partial charge in [0, 0.05) is 25.0 Å². The quantitative estimate of drug-likeness (QED) is 0.509. The van der Waals surface area contributed by atoms with E-state index >= 15 is 0 Å². The predicted molar refractivity (Wildman–Crippen MR) is 113 cm³/mol. The molecular weight excluding hydrogens is 410 g/mol. The standard InChI is InChI=1S/C19H27N5O3S2/c1-19(2,3)16(25)21-17-22-23-18(28-17)29(26,27)20-10-6-11-24-12-9-14-7-4-5-8-15(14)13-24/h4-5,7-8,20H,6,9-13H2,1-3H3,(H,21,22,25). The van der Waals surface area contributed by atoms with E-state index in [2.05, 4.69) is 49.4 Å². The zero-order valence-electron chi connectivity index (χ0n) is 16.9. The smallest absolute Gasteiger partial charge is 0.269 e. The van der Waals surface area contributed by atoms with Crippen molar-refractivity contribution in [2.45, 2.75) is 44.5 Å². The number of rotatable bonds is 7. The molecular formula is C19H27N5O3S2. The summed E-state index contributed by atoms with van der Waals surface area (Å²) in [4.78, 5) is 14.3. The number of amides is 1. The average molecular weight is 438 g/mol. The molecule has 1 aliphatic heterocycles. The first kappa shape index (κ1) is 21.8. The summed E-state index contributed by atoms with van der Waals surface area (Å²) in [5.74, 6) is -0.242. The summed E-state index contributed by atoms with van der Waals surface area (Å²) >= 11 is 0.848. The molecule has 1 aromatic carbocycles. The van der Waals surface area contributed by atoms with E-state index in [0.29, 0.717) is 13.0 Å². The summed E-state index contributed by atoms with van der Waals surface area (Å²) in [5, 5.41) is 10.3. The molecule has 0 unspecified atom stereocenters. The van der Waals surface area contributed by atoms with Crippen molar-refractivity contribution in [1.82, 2.24) is 19.8 Å². The lowest BCUT2D eigenvalue weighted by molar-refractivity contribution is -0.123. The van der Waals surface area contributed by atoms with E-state index in [-0.39, 0.29) is 15.4 Å². The Morgan fingerprint density at radius 1 is 1.21 bits per heavy atom. The molecule has 158 valence electrons. The highest BCUT2D eigenvalue weighted by molar-refractivity contribution is 7.91. The molecule has 2 N–H and O–H groups in total. The van der Waals surface area contributed by atoms with E-state index < -0.39 is 15.4 Å². The third kappa shape index (κ3) is 5.81. The largest absolute Gasteiger partial charge is 0.300 e. The van der Waals surface area contributed by atoms with Gasteiger partial charge in [-0.1, -0.05) is 56.4 Å². The fourth-order valence-corrected chi connectivity index (χ4v) is 4.98. The third-order valence-electron chi connectivity index (χ3n) is 4.69. The number of carbonyl (C=O) groups excluding carboxylic acids is 1. The summed E-state index contributed by atoms with van der Waals surface area (Å²) in [6.07, 6.45) is 1.73. The summed E-state index contributed by atoms with van der Waals surface area (Å²) < 4.78 is 27.3. The molecule has 0 aliphatic carbocycles. The highest BCUT2D eigenvalue weighted by atomic mass is 32.2. The molecule has 0 atom stereocenters. The van der Waals surface area contributed by atoms with Crippen LogP contribution in [0.4, 0.5) is 5.13 Å². The molecule has 3 rings (SSSR count). The van der Waals surface area contributed by atoms with Gasteiger partial charge in [0.2, 0.25) is 15.4 Å². The first-order valence-corrected chi connectivity index (χ1v) is 11.9. The molecule has 0 spiro atoms. The Labute approximate surface area is 175 Å². The number of nitrogens with one attached hydrogen (secondary N) is 2. The normalized spacial score (nSPS) is 15.1. The van der Waals surface area contributed by atoms with Gasteiger partial charge in [-0.15, -0.1) is 10.2 Å². The van der Waals surface area contributed by atoms with Crippen LogP contribution in [-0.4, -0.2) is 49.1 Å². The van der Waals surface area contributed by atoms with Crippen LogP contribution in [0, 0.1) is 5.41 Å². The summed E-state index contributed by atoms with van der Waals surface area (Å²) in [6.45, 7) is 8.33. The molecule has 8 nitrogen and oxygen atoms in total. The summed E-state index contributed by atoms with van der Waals surface area (Å²) in [5.41, 5.74) is 2.14. The molecule has 1 aliphatic rings. The van der Waals surface area contributed by atoms with Crippen LogP contribution in [0.5, 0.6) is 0 Å². The lowest BCUT2D eigenvalue weighted by atomic mass is 9.96. The second kappa shape index (κ2) is 8.86. The van der Waals surface area contributed by atoms with Crippen molar-refractivity contribution in [3.05, 3.63) is 35.4 Å². The fraction of sp³-hybridized carbons (Fsp3) is 0.526. The van der Waals surface area contributed by atoms with Crippen LogP contribution in [0.1, 0.15) is 38.3 Å². The number of sulfonamides is 1. The zero-order valence-corrected chi connectivity index (χ0v) is 18.6. The Hall–Kier alpha value is -1.88. The van der Waals surface area contributed by atoms with E-state index in [1.54, 1.807) is 20.8 Å². The molecule has 29 heavy (non-hydrogen) atoms. The van der Waals surface area contributed by atoms with E-state index in [1.165, 1.54) is 11.1 Å². The van der Waals surface area contributed by atoms with Crippen molar-refractivity contribution in [3.63, 3.8) is 0 Å². The van der Waals surface area contributed by atoms with Crippen molar-refractivity contribution in [3.8, 4) is 0 Å². The summed E-state index contributed by atoms with van der Waals surface area (Å²) in [6, 6.07) is 8.43. The topological polar surface area (TPSA) is 104 Å². The van der Waals surface area contributed by atoms with E-state index in [1.807, 2.05) is 0 Å². The van der Waals surface area contributed by atoms with Gasteiger partial charge in [-0.25, -0.2) is 13.1 Å². The van der Waals surface area contributed by atoms with Crippen LogP contribution in [0.15, 0.2) is 28.6 Å². The van der Waals surface area contributed by atoms with Gasteiger partial charge in [0.15, 0.2) is 0 Å². The molecule has 0 radical (unpaired) electrons. The average Bonchev–Trinajstić information content (AvgIpc) is 3.14. The maximum Gasteiger partial charge on any atom is 0.269 e. The number of hydrogen-bond donors (Lipinski definition) is 2. The Bertz CT molecular complexity index is 966. The van der Waals surface area contributed by atoms with E-state index in [9.17, 15) is 13.2 Å². The zero-order chi connectivity index (χ0) is 21.1. The summed E-state index contributed by atoms with van der Waals surface area (Å²) in [7, 11) is -3.74. The molecule has 0 saturated carbocycles. The molecule has 1 amide bonds. The highest BCUT2D eigenvalue weighted by Crippen LogP contribution is 2.23. The Kier molecular flexibility index (Phi) is 6.67. The number of carbonyl (C=O) groups is 1. The molecule has 2 aromatic rings. The van der Waals surface area contributed by atoms with Gasteiger partial charge in [-0.3, -0.25) is 9.69 Å². The number of anilines is 1. The van der Waals surface area contributed by atoms with Crippen molar-refractivity contribution < 1.29 is 13.2 Å². The number of hydrogen-bond acceptors (Lipinski definition) is 7. The lowest BCUT2D eigenvalue weighted by Crippen LogP contribution is -2.33. The van der Waals surface area contributed by atoms with E-state index in [0.717, 1.165) is 37.4 Å². The van der Waals surface area contributed by atoms with Crippen LogP contribution in [-0.2, 0) is 27.8 Å². The van der Waals surface area contributed by atoms with Crippen LogP contribution in [0.3, 0.4) is 0 Å². The van der Waals surface area contributed by atoms with Crippen molar-refractivity contribution >= 4 is 32.4 Å². The first-order chi connectivity index (χ1) is 13.6. The minimum absolute atomic E-state index is 0.145. The van der Waals surface area contributed by atoms with Crippen LogP contribution >= 0.6 is 11.3 Å². The third-order valence-corrected chi connectivity index (χ3v) is 7.36. The van der Waals surface area contributed by atoms with Gasteiger partial charge >= 0.3 is 0 Å². The fourth-order valence-electron chi connectivity index (χ4n) is 2.97. The maximum absolute atomic E-state index is 12.4. The first-order valence-electron chi connectivity index (χ1n) is 9.59. The lowest BCUT2D eigenvalue weighted by Gasteiger charge is -2.28. The van der Waals surface area contributed by atoms with Gasteiger partial charge in [-0.2, -0.15) is 0 Å². The number of benzene rings is 1. The van der Waals surface area contributed by atoms with Gasteiger partial charge < -0.3 is 5.32 Å². The van der Waals surface area contributed by atoms with Crippen LogP contribution in [0.25, 0.3) is 0 Å². The van der Waals surface area contributed by atoms with Gasteiger partial charge in [0.05, 0.1) is 0 Å². The SMILES string of the molecule is CC(C)(C)C(=O)Nc1nnc(S(=O)(=O)NCCCN2CCc3ccccc3C2)s1. The van der Waals surface area contributed by atoms with Gasteiger partial charge in [0.1, 0.15) is 0 Å². The predicted octanol–water partition coefficient (Wildman–Crippen LogP) is 2.25. The number of fused-ring (bicyclic) bond motifs is 1. The second-order valence-electron chi connectivity index (χ2n) is 8.12. The molecule has 10 heteroatoms. The van der Waals surface area contributed by atoms with E-state index in [4.69, 9.17) is 0 Å². The van der Waals surface area contributed by atoms with Crippen molar-refractivity contribution in [2.24, 2.45) is 5.41 Å². The second-order valence-corrected chi connectivity index (χ2v) is 11.0.